The highest BCUT2D eigenvalue weighted by Gasteiger charge is 2.38. The number of carbonyl (C=O) groups excluding carboxylic acids is 1. The molecule has 0 radical (unpaired) electrons. The summed E-state index contributed by atoms with van der Waals surface area (Å²) in [7, 11) is 2.87. The molecule has 0 spiro atoms. The van der Waals surface area contributed by atoms with Gasteiger partial charge in [-0.25, -0.2) is 4.98 Å². The van der Waals surface area contributed by atoms with Crippen molar-refractivity contribution in [2.24, 2.45) is 0 Å². The van der Waals surface area contributed by atoms with E-state index in [9.17, 15) is 35.9 Å². The summed E-state index contributed by atoms with van der Waals surface area (Å²) in [6.07, 6.45) is -10.1. The standard InChI is InChI=1S/C30H27F6N3O4/c1-18(26-37-25-8-5-4-7-24(25)28(41)39(26)22-9-11-23(43-3)12-10-22)38(13-6-14-42-2)27(40)19-15-20(29(31,32)33)17-21(16-19)30(34,35)36/h4-5,7-12,15-18H,6,13-14H2,1-3H3. The second-order valence-electron chi connectivity index (χ2n) is 9.64. The molecule has 1 unspecified atom stereocenters. The van der Waals surface area contributed by atoms with Crippen LogP contribution in [-0.4, -0.2) is 47.7 Å². The molecule has 1 amide bonds. The highest BCUT2D eigenvalue weighted by molar-refractivity contribution is 5.95. The molecule has 0 fully saturated rings. The van der Waals surface area contributed by atoms with Crippen LogP contribution in [0.5, 0.6) is 5.75 Å². The molecule has 13 heteroatoms. The number of carbonyl (C=O) groups is 1. The molecule has 228 valence electrons. The number of halogens is 6. The largest absolute Gasteiger partial charge is 0.497 e. The van der Waals surface area contributed by atoms with Crippen molar-refractivity contribution in [3.63, 3.8) is 0 Å². The van der Waals surface area contributed by atoms with Crippen molar-refractivity contribution in [1.29, 1.82) is 0 Å². The number of benzene rings is 3. The lowest BCUT2D eigenvalue weighted by Crippen LogP contribution is -2.38. The number of amides is 1. The van der Waals surface area contributed by atoms with Gasteiger partial charge in [0.15, 0.2) is 0 Å². The molecule has 0 N–H and O–H groups in total. The predicted octanol–water partition coefficient (Wildman–Crippen LogP) is 6.67. The van der Waals surface area contributed by atoms with Gasteiger partial charge in [-0.15, -0.1) is 0 Å². The second-order valence-corrected chi connectivity index (χ2v) is 9.64. The Morgan fingerprint density at radius 1 is 0.930 bits per heavy atom. The zero-order chi connectivity index (χ0) is 31.5. The van der Waals surface area contributed by atoms with E-state index in [-0.39, 0.29) is 36.8 Å². The maximum atomic E-state index is 13.8. The van der Waals surface area contributed by atoms with Gasteiger partial charge in [-0.3, -0.25) is 14.2 Å². The average Bonchev–Trinajstić information content (AvgIpc) is 2.97. The third-order valence-electron chi connectivity index (χ3n) is 6.82. The molecule has 43 heavy (non-hydrogen) atoms. The fourth-order valence-corrected chi connectivity index (χ4v) is 4.64. The van der Waals surface area contributed by atoms with Crippen molar-refractivity contribution in [2.45, 2.75) is 31.7 Å². The summed E-state index contributed by atoms with van der Waals surface area (Å²) in [5, 5.41) is 0.263. The molecular formula is C30H27F6N3O4. The van der Waals surface area contributed by atoms with Gasteiger partial charge in [0.05, 0.1) is 40.9 Å². The summed E-state index contributed by atoms with van der Waals surface area (Å²) >= 11 is 0. The molecule has 1 heterocycles. The molecule has 4 rings (SSSR count). The SMILES string of the molecule is COCCCN(C(=O)c1cc(C(F)(F)F)cc(C(F)(F)F)c1)C(C)c1nc2ccccc2c(=O)n1-c1ccc(OC)cc1. The smallest absolute Gasteiger partial charge is 0.416 e. The van der Waals surface area contributed by atoms with Gasteiger partial charge in [-0.2, -0.15) is 26.3 Å². The summed E-state index contributed by atoms with van der Waals surface area (Å²) in [5.74, 6) is -0.562. The molecule has 1 atom stereocenters. The molecular weight excluding hydrogens is 580 g/mol. The van der Waals surface area contributed by atoms with Gasteiger partial charge in [0.2, 0.25) is 0 Å². The lowest BCUT2D eigenvalue weighted by atomic mass is 10.0. The second kappa shape index (κ2) is 12.5. The Labute approximate surface area is 242 Å². The van der Waals surface area contributed by atoms with Gasteiger partial charge in [-0.1, -0.05) is 12.1 Å². The Balaban J connectivity index is 1.92. The molecule has 0 saturated heterocycles. The van der Waals surface area contributed by atoms with Crippen LogP contribution in [0.15, 0.2) is 71.5 Å². The molecule has 0 bridgehead atoms. The molecule has 1 aromatic heterocycles. The zero-order valence-electron chi connectivity index (χ0n) is 23.3. The monoisotopic (exact) mass is 607 g/mol. The predicted molar refractivity (Wildman–Crippen MR) is 146 cm³/mol. The van der Waals surface area contributed by atoms with Crippen LogP contribution in [0.2, 0.25) is 0 Å². The van der Waals surface area contributed by atoms with Crippen LogP contribution in [0, 0.1) is 0 Å². The van der Waals surface area contributed by atoms with Crippen molar-refractivity contribution in [1.82, 2.24) is 14.5 Å². The Hall–Kier alpha value is -4.39. The van der Waals surface area contributed by atoms with Gasteiger partial charge in [-0.05, 0) is 67.9 Å². The third kappa shape index (κ3) is 6.82. The van der Waals surface area contributed by atoms with Crippen LogP contribution in [-0.2, 0) is 17.1 Å². The number of hydrogen-bond donors (Lipinski definition) is 0. The van der Waals surface area contributed by atoms with Gasteiger partial charge in [0, 0.05) is 25.8 Å². The van der Waals surface area contributed by atoms with Crippen LogP contribution in [0.3, 0.4) is 0 Å². The van der Waals surface area contributed by atoms with E-state index in [1.165, 1.54) is 25.7 Å². The van der Waals surface area contributed by atoms with Crippen LogP contribution >= 0.6 is 0 Å². The quantitative estimate of drug-likeness (QED) is 0.157. The Kier molecular flexibility index (Phi) is 9.14. The first-order valence-electron chi connectivity index (χ1n) is 13.0. The average molecular weight is 608 g/mol. The van der Waals surface area contributed by atoms with Crippen LogP contribution < -0.4 is 10.3 Å². The molecule has 0 aliphatic carbocycles. The molecule has 0 saturated carbocycles. The first-order valence-corrected chi connectivity index (χ1v) is 13.0. The van der Waals surface area contributed by atoms with Gasteiger partial charge < -0.3 is 14.4 Å². The lowest BCUT2D eigenvalue weighted by Gasteiger charge is -2.31. The molecule has 0 aliphatic rings. The maximum Gasteiger partial charge on any atom is 0.416 e. The number of methoxy groups -OCH3 is 2. The highest BCUT2D eigenvalue weighted by Crippen LogP contribution is 2.37. The Morgan fingerprint density at radius 3 is 2.09 bits per heavy atom. The number of ether oxygens (including phenoxy) is 2. The fraction of sp³-hybridized carbons (Fsp3) is 0.300. The van der Waals surface area contributed by atoms with Gasteiger partial charge in [0.25, 0.3) is 11.5 Å². The normalized spacial score (nSPS) is 12.8. The minimum absolute atomic E-state index is 0.0400. The summed E-state index contributed by atoms with van der Waals surface area (Å²) in [6, 6.07) is 12.5. The summed E-state index contributed by atoms with van der Waals surface area (Å²) in [4.78, 5) is 33.3. The van der Waals surface area contributed by atoms with Gasteiger partial charge in [0.1, 0.15) is 11.6 Å². The van der Waals surface area contributed by atoms with Crippen molar-refractivity contribution in [3.05, 3.63) is 99.6 Å². The lowest BCUT2D eigenvalue weighted by molar-refractivity contribution is -0.143. The van der Waals surface area contributed by atoms with Crippen LogP contribution in [0.1, 0.15) is 46.7 Å². The number of aromatic nitrogens is 2. The summed E-state index contributed by atoms with van der Waals surface area (Å²) in [6.45, 7) is 1.51. The molecule has 0 aliphatic heterocycles. The van der Waals surface area contributed by atoms with Crippen molar-refractivity contribution in [3.8, 4) is 11.4 Å². The topological polar surface area (TPSA) is 73.7 Å². The van der Waals surface area contributed by atoms with E-state index in [1.807, 2.05) is 0 Å². The number of rotatable bonds is 9. The summed E-state index contributed by atoms with van der Waals surface area (Å²) in [5.41, 5.74) is -3.88. The minimum atomic E-state index is -5.14. The van der Waals surface area contributed by atoms with Gasteiger partial charge >= 0.3 is 12.4 Å². The first kappa shape index (κ1) is 31.5. The third-order valence-corrected chi connectivity index (χ3v) is 6.82. The van der Waals surface area contributed by atoms with E-state index >= 15 is 0 Å². The van der Waals surface area contributed by atoms with Crippen molar-refractivity contribution in [2.75, 3.05) is 27.4 Å². The first-order chi connectivity index (χ1) is 20.3. The molecule has 3 aromatic carbocycles. The van der Waals surface area contributed by atoms with Crippen molar-refractivity contribution < 1.29 is 40.6 Å². The highest BCUT2D eigenvalue weighted by atomic mass is 19.4. The maximum absolute atomic E-state index is 13.8. The van der Waals surface area contributed by atoms with E-state index in [0.29, 0.717) is 29.1 Å². The van der Waals surface area contributed by atoms with E-state index in [4.69, 9.17) is 9.47 Å². The number of hydrogen-bond acceptors (Lipinski definition) is 5. The van der Waals surface area contributed by atoms with Crippen LogP contribution in [0.4, 0.5) is 26.3 Å². The van der Waals surface area contributed by atoms with E-state index in [2.05, 4.69) is 4.98 Å². The summed E-state index contributed by atoms with van der Waals surface area (Å²) < 4.78 is 93.1. The van der Waals surface area contributed by atoms with Crippen molar-refractivity contribution >= 4 is 16.8 Å². The molecule has 7 nitrogen and oxygen atoms in total. The van der Waals surface area contributed by atoms with E-state index in [0.717, 1.165) is 4.90 Å². The fourth-order valence-electron chi connectivity index (χ4n) is 4.64. The number of para-hydroxylation sites is 1. The number of alkyl halides is 6. The number of nitrogens with zero attached hydrogens (tertiary/aromatic N) is 3. The van der Waals surface area contributed by atoms with Crippen LogP contribution in [0.25, 0.3) is 16.6 Å². The molecule has 4 aromatic rings. The minimum Gasteiger partial charge on any atom is -0.497 e. The Morgan fingerprint density at radius 2 is 1.53 bits per heavy atom. The number of fused-ring (bicyclic) bond motifs is 1. The Bertz CT molecular complexity index is 1630. The zero-order valence-corrected chi connectivity index (χ0v) is 23.3. The van der Waals surface area contributed by atoms with E-state index in [1.54, 1.807) is 48.5 Å². The van der Waals surface area contributed by atoms with E-state index < -0.39 is 46.6 Å².